The van der Waals surface area contributed by atoms with E-state index in [1.165, 1.54) is 11.3 Å². The molecule has 2 amide bonds. The van der Waals surface area contributed by atoms with E-state index in [4.69, 9.17) is 4.74 Å². The van der Waals surface area contributed by atoms with Crippen molar-refractivity contribution in [1.82, 2.24) is 14.7 Å². The van der Waals surface area contributed by atoms with Crippen LogP contribution >= 0.6 is 11.3 Å². The van der Waals surface area contributed by atoms with E-state index in [0.29, 0.717) is 26.2 Å². The standard InChI is InChI=1S/C26H29N3O3S/c30-25(22-9-8-20-5-1-2-6-21(20)17-22)28-11-4-10-27(12-13-28)18-23-19-29(14-15-32-23)26(31)24-7-3-16-33-24/h1-3,5-9,16-17,23H,4,10-15,18-19H2/t23-/m0/s1. The molecule has 0 saturated carbocycles. The molecule has 0 radical (unpaired) electrons. The van der Waals surface area contributed by atoms with Crippen LogP contribution in [0.15, 0.2) is 60.0 Å². The normalized spacial score (nSPS) is 20.1. The molecule has 2 fully saturated rings. The number of hydrogen-bond acceptors (Lipinski definition) is 5. The lowest BCUT2D eigenvalue weighted by Crippen LogP contribution is -2.50. The fourth-order valence-electron chi connectivity index (χ4n) is 4.72. The van der Waals surface area contributed by atoms with Crippen LogP contribution in [0.4, 0.5) is 0 Å². The monoisotopic (exact) mass is 463 g/mol. The highest BCUT2D eigenvalue weighted by atomic mass is 32.1. The molecular formula is C26H29N3O3S. The SMILES string of the molecule is O=C(c1ccc2ccccc2c1)N1CCCN(C[C@H]2CN(C(=O)c3cccs3)CCO2)CC1. The average molecular weight is 464 g/mol. The van der Waals surface area contributed by atoms with E-state index in [0.717, 1.165) is 53.8 Å². The van der Waals surface area contributed by atoms with Crippen molar-refractivity contribution >= 4 is 33.9 Å². The number of thiophene rings is 1. The van der Waals surface area contributed by atoms with Gasteiger partial charge in [0.2, 0.25) is 0 Å². The summed E-state index contributed by atoms with van der Waals surface area (Å²) >= 11 is 1.49. The van der Waals surface area contributed by atoms with Crippen LogP contribution in [-0.4, -0.2) is 85.0 Å². The Labute approximate surface area is 198 Å². The van der Waals surface area contributed by atoms with E-state index < -0.39 is 0 Å². The Balaban J connectivity index is 1.17. The molecule has 3 heterocycles. The minimum absolute atomic E-state index is 0.00500. The highest BCUT2D eigenvalue weighted by molar-refractivity contribution is 7.12. The van der Waals surface area contributed by atoms with Gasteiger partial charge in [0.25, 0.3) is 11.8 Å². The molecule has 1 atom stereocenters. The third-order valence-corrected chi connectivity index (χ3v) is 7.35. The van der Waals surface area contributed by atoms with E-state index in [1.807, 2.05) is 63.7 Å². The Kier molecular flexibility index (Phi) is 6.71. The Morgan fingerprint density at radius 1 is 0.879 bits per heavy atom. The quantitative estimate of drug-likeness (QED) is 0.593. The molecule has 2 aromatic carbocycles. The number of rotatable bonds is 4. The van der Waals surface area contributed by atoms with Crippen LogP contribution in [-0.2, 0) is 4.74 Å². The first kappa shape index (κ1) is 22.1. The molecule has 33 heavy (non-hydrogen) atoms. The van der Waals surface area contributed by atoms with Crippen molar-refractivity contribution in [3.05, 3.63) is 70.4 Å². The van der Waals surface area contributed by atoms with Gasteiger partial charge in [-0.2, -0.15) is 0 Å². The first-order valence-corrected chi connectivity index (χ1v) is 12.5. The van der Waals surface area contributed by atoms with Gasteiger partial charge in [-0.25, -0.2) is 0 Å². The maximum Gasteiger partial charge on any atom is 0.264 e. The molecule has 7 heteroatoms. The number of ether oxygens (including phenoxy) is 1. The Morgan fingerprint density at radius 2 is 1.76 bits per heavy atom. The Hall–Kier alpha value is -2.74. The predicted octanol–water partition coefficient (Wildman–Crippen LogP) is 3.59. The van der Waals surface area contributed by atoms with Crippen LogP contribution in [0.3, 0.4) is 0 Å². The molecule has 2 aliphatic rings. The number of carbonyl (C=O) groups is 2. The molecule has 2 aliphatic heterocycles. The van der Waals surface area contributed by atoms with Gasteiger partial charge in [0.15, 0.2) is 0 Å². The summed E-state index contributed by atoms with van der Waals surface area (Å²) in [6, 6.07) is 17.9. The molecule has 5 rings (SSSR count). The van der Waals surface area contributed by atoms with Crippen molar-refractivity contribution in [2.75, 3.05) is 52.4 Å². The lowest BCUT2D eigenvalue weighted by Gasteiger charge is -2.35. The second-order valence-corrected chi connectivity index (χ2v) is 9.68. The van der Waals surface area contributed by atoms with Crippen molar-refractivity contribution < 1.29 is 14.3 Å². The van der Waals surface area contributed by atoms with E-state index >= 15 is 0 Å². The minimum Gasteiger partial charge on any atom is -0.373 e. The molecule has 0 bridgehead atoms. The first-order valence-electron chi connectivity index (χ1n) is 11.6. The van der Waals surface area contributed by atoms with Crippen molar-refractivity contribution in [1.29, 1.82) is 0 Å². The highest BCUT2D eigenvalue weighted by Crippen LogP contribution is 2.19. The summed E-state index contributed by atoms with van der Waals surface area (Å²) in [5.74, 6) is 0.200. The average Bonchev–Trinajstić information content (AvgIpc) is 3.30. The van der Waals surface area contributed by atoms with Crippen LogP contribution in [0.2, 0.25) is 0 Å². The second-order valence-electron chi connectivity index (χ2n) is 8.73. The van der Waals surface area contributed by atoms with Crippen LogP contribution < -0.4 is 0 Å². The van der Waals surface area contributed by atoms with Gasteiger partial charge in [-0.3, -0.25) is 14.5 Å². The molecule has 1 aromatic heterocycles. The molecular weight excluding hydrogens is 434 g/mol. The maximum absolute atomic E-state index is 13.2. The van der Waals surface area contributed by atoms with E-state index in [2.05, 4.69) is 11.0 Å². The zero-order valence-corrected chi connectivity index (χ0v) is 19.5. The number of hydrogen-bond donors (Lipinski definition) is 0. The summed E-state index contributed by atoms with van der Waals surface area (Å²) < 4.78 is 5.99. The lowest BCUT2D eigenvalue weighted by molar-refractivity contribution is -0.0351. The van der Waals surface area contributed by atoms with Crippen LogP contribution in [0.5, 0.6) is 0 Å². The molecule has 172 valence electrons. The Morgan fingerprint density at radius 3 is 2.61 bits per heavy atom. The molecule has 0 spiro atoms. The molecule has 6 nitrogen and oxygen atoms in total. The number of morpholine rings is 1. The van der Waals surface area contributed by atoms with Crippen molar-refractivity contribution in [3.63, 3.8) is 0 Å². The van der Waals surface area contributed by atoms with Gasteiger partial charge in [-0.15, -0.1) is 11.3 Å². The van der Waals surface area contributed by atoms with Crippen molar-refractivity contribution in [2.24, 2.45) is 0 Å². The van der Waals surface area contributed by atoms with Crippen LogP contribution in [0, 0.1) is 0 Å². The fraction of sp³-hybridized carbons (Fsp3) is 0.385. The predicted molar refractivity (Wildman–Crippen MR) is 131 cm³/mol. The summed E-state index contributed by atoms with van der Waals surface area (Å²) in [6.45, 7) is 5.83. The molecule has 2 saturated heterocycles. The zero-order valence-electron chi connectivity index (χ0n) is 18.7. The van der Waals surface area contributed by atoms with Crippen molar-refractivity contribution in [3.8, 4) is 0 Å². The van der Waals surface area contributed by atoms with Gasteiger partial charge in [-0.1, -0.05) is 36.4 Å². The minimum atomic E-state index is 0.00500. The van der Waals surface area contributed by atoms with Gasteiger partial charge in [-0.05, 0) is 47.3 Å². The molecule has 0 N–H and O–H groups in total. The number of benzene rings is 2. The summed E-state index contributed by atoms with van der Waals surface area (Å²) in [6.07, 6.45) is 0.939. The molecule has 3 aromatic rings. The third kappa shape index (κ3) is 5.11. The van der Waals surface area contributed by atoms with E-state index in [9.17, 15) is 9.59 Å². The smallest absolute Gasteiger partial charge is 0.264 e. The molecule has 0 unspecified atom stereocenters. The summed E-state index contributed by atoms with van der Waals surface area (Å²) in [7, 11) is 0. The Bertz CT molecular complexity index is 1120. The van der Waals surface area contributed by atoms with Crippen LogP contribution in [0.25, 0.3) is 10.8 Å². The number of nitrogens with zero attached hydrogens (tertiary/aromatic N) is 3. The van der Waals surface area contributed by atoms with Crippen molar-refractivity contribution in [2.45, 2.75) is 12.5 Å². The van der Waals surface area contributed by atoms with Gasteiger partial charge in [0.05, 0.1) is 17.6 Å². The topological polar surface area (TPSA) is 53.1 Å². The first-order chi connectivity index (χ1) is 16.2. The number of carbonyl (C=O) groups excluding carboxylic acids is 2. The van der Waals surface area contributed by atoms with Gasteiger partial charge >= 0.3 is 0 Å². The van der Waals surface area contributed by atoms with E-state index in [1.54, 1.807) is 0 Å². The maximum atomic E-state index is 13.2. The van der Waals surface area contributed by atoms with Gasteiger partial charge in [0.1, 0.15) is 0 Å². The van der Waals surface area contributed by atoms with E-state index in [-0.39, 0.29) is 17.9 Å². The van der Waals surface area contributed by atoms with Gasteiger partial charge < -0.3 is 14.5 Å². The number of fused-ring (bicyclic) bond motifs is 1. The fourth-order valence-corrected chi connectivity index (χ4v) is 5.41. The third-order valence-electron chi connectivity index (χ3n) is 6.49. The lowest BCUT2D eigenvalue weighted by atomic mass is 10.1. The van der Waals surface area contributed by atoms with Gasteiger partial charge in [0, 0.05) is 44.8 Å². The van der Waals surface area contributed by atoms with Crippen LogP contribution in [0.1, 0.15) is 26.5 Å². The summed E-state index contributed by atoms with van der Waals surface area (Å²) in [4.78, 5) is 32.9. The zero-order chi connectivity index (χ0) is 22.6. The number of amides is 2. The summed E-state index contributed by atoms with van der Waals surface area (Å²) in [5.41, 5.74) is 0.750. The highest BCUT2D eigenvalue weighted by Gasteiger charge is 2.28. The second kappa shape index (κ2) is 10.0. The largest absolute Gasteiger partial charge is 0.373 e. The molecule has 0 aliphatic carbocycles. The summed E-state index contributed by atoms with van der Waals surface area (Å²) in [5, 5.41) is 4.18.